The molecule has 380 valence electrons. The third-order valence-corrected chi connectivity index (χ3v) is 12.1. The van der Waals surface area contributed by atoms with Crippen LogP contribution < -0.4 is 5.32 Å². The number of amides is 1. The largest absolute Gasteiger partial charge is 0.478 e. The molecule has 2 atom stereocenters. The quantitative estimate of drug-likeness (QED) is 0.0738. The highest BCUT2D eigenvalue weighted by Gasteiger charge is 2.37. The Balaban J connectivity index is 0.000000169. The number of carbonyl (C=O) groups excluding carboxylic acids is 6. The van der Waals surface area contributed by atoms with E-state index < -0.39 is 23.3 Å². The number of aromatic carboxylic acids is 1. The Morgan fingerprint density at radius 3 is 2.00 bits per heavy atom. The number of hydrogen-bond acceptors (Lipinski definition) is 11. The smallest absolute Gasteiger partial charge is 0.419 e. The second kappa shape index (κ2) is 22.5. The van der Waals surface area contributed by atoms with Gasteiger partial charge in [-0.05, 0) is 183 Å². The van der Waals surface area contributed by atoms with Crippen molar-refractivity contribution in [3.8, 4) is 0 Å². The van der Waals surface area contributed by atoms with Crippen LogP contribution >= 0.6 is 0 Å². The Morgan fingerprint density at radius 1 is 0.764 bits per heavy atom. The summed E-state index contributed by atoms with van der Waals surface area (Å²) in [4.78, 5) is 85.1. The summed E-state index contributed by atoms with van der Waals surface area (Å²) in [5.74, 6) is -1.26. The number of fused-ring (bicyclic) bond motifs is 3. The first-order valence-electron chi connectivity index (χ1n) is 23.7. The molecule has 6 aromatic rings. The number of methoxy groups -OCH3 is 1. The van der Waals surface area contributed by atoms with Crippen LogP contribution in [0.5, 0.6) is 0 Å². The van der Waals surface area contributed by atoms with Gasteiger partial charge < -0.3 is 34.5 Å². The van der Waals surface area contributed by atoms with Gasteiger partial charge in [-0.1, -0.05) is 12.1 Å². The predicted octanol–water partition coefficient (Wildman–Crippen LogP) is 10.3. The van der Waals surface area contributed by atoms with E-state index in [0.717, 1.165) is 71.4 Å². The molecule has 1 amide bonds. The number of rotatable bonds is 8. The van der Waals surface area contributed by atoms with Gasteiger partial charge in [0.1, 0.15) is 11.2 Å². The summed E-state index contributed by atoms with van der Waals surface area (Å²) in [7, 11) is 1.39. The molecule has 9 rings (SSSR count). The zero-order valence-electron chi connectivity index (χ0n) is 42.5. The second-order valence-electron chi connectivity index (χ2n) is 19.8. The van der Waals surface area contributed by atoms with Gasteiger partial charge in [-0.3, -0.25) is 18.7 Å². The molecule has 0 fully saturated rings. The van der Waals surface area contributed by atoms with Crippen molar-refractivity contribution < 1.29 is 52.9 Å². The number of H-pyrrole nitrogens is 1. The number of aromatic nitrogens is 4. The molecule has 17 heteroatoms. The summed E-state index contributed by atoms with van der Waals surface area (Å²) in [6.07, 6.45) is 5.89. The van der Waals surface area contributed by atoms with Gasteiger partial charge in [-0.2, -0.15) is 0 Å². The monoisotopic (exact) mass is 984 g/mol. The number of carboxylic acids is 1. The molecule has 0 bridgehead atoms. The van der Waals surface area contributed by atoms with Gasteiger partial charge in [0.15, 0.2) is 12.6 Å². The number of aryl methyl sites for hydroxylation is 5. The van der Waals surface area contributed by atoms with Crippen molar-refractivity contribution in [2.45, 2.75) is 124 Å². The van der Waals surface area contributed by atoms with Crippen molar-refractivity contribution in [1.29, 1.82) is 0 Å². The van der Waals surface area contributed by atoms with E-state index in [4.69, 9.17) is 14.2 Å². The lowest BCUT2D eigenvalue weighted by atomic mass is 10.0. The van der Waals surface area contributed by atoms with Crippen LogP contribution in [0, 0.1) is 20.8 Å². The Bertz CT molecular complexity index is 2970. The van der Waals surface area contributed by atoms with Crippen molar-refractivity contribution in [1.82, 2.24) is 28.9 Å². The number of nitrogens with one attached hydrogen (secondary N) is 2. The van der Waals surface area contributed by atoms with Crippen molar-refractivity contribution in [3.05, 3.63) is 164 Å². The number of ether oxygens (including phenoxy) is 3. The topological polar surface area (TPSA) is 213 Å². The number of benzene rings is 2. The Hall–Kier alpha value is -7.79. The Morgan fingerprint density at radius 2 is 1.40 bits per heavy atom. The zero-order valence-corrected chi connectivity index (χ0v) is 42.5. The number of carboxylic acid groups (broad SMARTS) is 1. The standard InChI is InChI=1S/C21H26N2O4.C17H16N2O3.C11H15NO3.C6H7NO/c1-21(2,3)27-20(25)23-11-5-6-16(23)13-22-18-10-9-14-7-8-15(12-17(14)18)19(24)26-4;1-10-2-6-13-9-18(17(22)19(10)13)15-7-5-11-3-4-12(16(20)21)8-14(11)15;1-8-5-6-9(7-13)12(8)10(14)15-11(2,3)4;1-5-2-3-6(4-8)7-5/h5-8,11-12,18,22H,9-10,13H2,1-4H3;2-4,6,8,15H,5,7,9H2,1H3,(H,20,21);5-7H,1-4H3;2-4,7H,1H3/t18-;15-;;/m11../s1. The molecule has 0 unspecified atom stereocenters. The first-order chi connectivity index (χ1) is 34.0. The van der Waals surface area contributed by atoms with Gasteiger partial charge in [0, 0.05) is 47.3 Å². The van der Waals surface area contributed by atoms with Crippen LogP contribution in [0.2, 0.25) is 0 Å². The highest BCUT2D eigenvalue weighted by molar-refractivity contribution is 5.90. The Kier molecular flexibility index (Phi) is 16.8. The molecule has 3 aliphatic rings. The summed E-state index contributed by atoms with van der Waals surface area (Å²) in [6.45, 7) is 17.6. The lowest BCUT2D eigenvalue weighted by Crippen LogP contribution is -2.30. The van der Waals surface area contributed by atoms with Crippen LogP contribution in [0.1, 0.15) is 159 Å². The van der Waals surface area contributed by atoms with E-state index in [1.807, 2.05) is 88.0 Å². The number of esters is 1. The molecule has 0 radical (unpaired) electrons. The first kappa shape index (κ1) is 53.6. The number of aldehydes is 2. The lowest BCUT2D eigenvalue weighted by molar-refractivity contribution is 0.0519. The van der Waals surface area contributed by atoms with E-state index in [2.05, 4.69) is 10.3 Å². The van der Waals surface area contributed by atoms with Crippen LogP contribution in [0.15, 0.2) is 91.1 Å². The van der Waals surface area contributed by atoms with Gasteiger partial charge in [0.25, 0.3) is 0 Å². The number of nitrogens with zero attached hydrogens (tertiary/aromatic N) is 4. The fourth-order valence-electron chi connectivity index (χ4n) is 8.78. The highest BCUT2D eigenvalue weighted by Crippen LogP contribution is 2.40. The van der Waals surface area contributed by atoms with E-state index in [1.165, 1.54) is 21.8 Å². The molecule has 3 N–H and O–H groups in total. The SMILES string of the molecule is COC(=O)c1ccc2c(c1)[C@H](NCc1cccn1C(=O)OC(C)(C)C)CC2.Cc1ccc(C=O)[nH]1.Cc1ccc(C=O)n1C(=O)OC(C)(C)C.Cc1ccc2n1C(=O)N([C@@H]1CCc3ccc(C(=O)O)cc31)C2. The van der Waals surface area contributed by atoms with Gasteiger partial charge in [0.2, 0.25) is 0 Å². The van der Waals surface area contributed by atoms with E-state index in [9.17, 15) is 38.7 Å². The summed E-state index contributed by atoms with van der Waals surface area (Å²) in [5, 5.41) is 12.7. The Labute approximate surface area is 419 Å². The highest BCUT2D eigenvalue weighted by atomic mass is 16.6. The lowest BCUT2D eigenvalue weighted by Gasteiger charge is -2.24. The van der Waals surface area contributed by atoms with Crippen LogP contribution in [-0.4, -0.2) is 89.7 Å². The number of hydrogen-bond donors (Lipinski definition) is 3. The molecule has 5 heterocycles. The van der Waals surface area contributed by atoms with Gasteiger partial charge in [-0.25, -0.2) is 28.5 Å². The van der Waals surface area contributed by atoms with E-state index in [1.54, 1.807) is 74.9 Å². The van der Waals surface area contributed by atoms with E-state index in [0.29, 0.717) is 42.0 Å². The predicted molar refractivity (Wildman–Crippen MR) is 269 cm³/mol. The molecular formula is C55H64N6O11. The van der Waals surface area contributed by atoms with Crippen molar-refractivity contribution in [2.24, 2.45) is 0 Å². The summed E-state index contributed by atoms with van der Waals surface area (Å²) >= 11 is 0. The molecule has 17 nitrogen and oxygen atoms in total. The molecule has 72 heavy (non-hydrogen) atoms. The molecule has 4 aromatic heterocycles. The second-order valence-corrected chi connectivity index (χ2v) is 19.8. The normalized spacial score (nSPS) is 15.3. The molecule has 2 aliphatic carbocycles. The molecule has 2 aromatic carbocycles. The van der Waals surface area contributed by atoms with Crippen LogP contribution in [0.25, 0.3) is 0 Å². The summed E-state index contributed by atoms with van der Waals surface area (Å²) in [5.41, 5.74) is 9.67. The molecule has 0 saturated heterocycles. The minimum absolute atomic E-state index is 0.00363. The number of carbonyl (C=O) groups is 7. The molecule has 1 aliphatic heterocycles. The van der Waals surface area contributed by atoms with Crippen molar-refractivity contribution in [2.75, 3.05) is 7.11 Å². The number of aromatic amines is 1. The van der Waals surface area contributed by atoms with E-state index in [-0.39, 0.29) is 35.7 Å². The average molecular weight is 985 g/mol. The maximum Gasteiger partial charge on any atom is 0.419 e. The molecule has 0 saturated carbocycles. The maximum absolute atomic E-state index is 12.7. The first-order valence-corrected chi connectivity index (χ1v) is 23.7. The van der Waals surface area contributed by atoms with Gasteiger partial charge in [-0.15, -0.1) is 0 Å². The maximum atomic E-state index is 12.7. The van der Waals surface area contributed by atoms with E-state index >= 15 is 0 Å². The zero-order chi connectivity index (χ0) is 52.7. The van der Waals surface area contributed by atoms with Crippen molar-refractivity contribution in [3.63, 3.8) is 0 Å². The summed E-state index contributed by atoms with van der Waals surface area (Å²) < 4.78 is 20.0. The van der Waals surface area contributed by atoms with Gasteiger partial charge >= 0.3 is 30.2 Å². The average Bonchev–Trinajstić information content (AvgIpc) is 4.20. The molecular weight excluding hydrogens is 921 g/mol. The van der Waals surface area contributed by atoms with Crippen LogP contribution in [0.4, 0.5) is 14.4 Å². The van der Waals surface area contributed by atoms with Crippen LogP contribution in [0.3, 0.4) is 0 Å². The fourth-order valence-corrected chi connectivity index (χ4v) is 8.78. The summed E-state index contributed by atoms with van der Waals surface area (Å²) in [6, 6.07) is 25.6. The third kappa shape index (κ3) is 12.9. The minimum Gasteiger partial charge on any atom is -0.478 e. The minimum atomic E-state index is -0.927. The molecule has 0 spiro atoms. The fraction of sp³-hybridized carbons (Fsp3) is 0.364. The third-order valence-electron chi connectivity index (χ3n) is 12.1. The van der Waals surface area contributed by atoms with Crippen LogP contribution in [-0.2, 0) is 40.1 Å². The van der Waals surface area contributed by atoms with Crippen molar-refractivity contribution >= 4 is 42.7 Å². The van der Waals surface area contributed by atoms with Gasteiger partial charge in [0.05, 0.1) is 42.2 Å².